The Morgan fingerprint density at radius 1 is 0.558 bits per heavy atom. The fourth-order valence-corrected chi connectivity index (χ4v) is 5.11. The molecule has 224 valence electrons. The van der Waals surface area contributed by atoms with Gasteiger partial charge in [-0.1, -0.05) is 119 Å². The summed E-state index contributed by atoms with van der Waals surface area (Å²) in [5.74, 6) is 1.53. The molecule has 0 aliphatic rings. The van der Waals surface area contributed by atoms with Crippen molar-refractivity contribution in [3.05, 3.63) is 108 Å². The smallest absolute Gasteiger partial charge is 0.193 e. The molecule has 0 atom stereocenters. The molecule has 0 saturated carbocycles. The molecule has 43 heavy (non-hydrogen) atoms. The zero-order valence-electron chi connectivity index (χ0n) is 25.6. The van der Waals surface area contributed by atoms with Crippen LogP contribution in [0.2, 0.25) is 0 Å². The predicted molar refractivity (Wildman–Crippen MR) is 176 cm³/mol. The van der Waals surface area contributed by atoms with Gasteiger partial charge in [0.2, 0.25) is 0 Å². The molecule has 0 aliphatic heterocycles. The number of hydrogen-bond acceptors (Lipinski definition) is 4. The van der Waals surface area contributed by atoms with Gasteiger partial charge in [0.1, 0.15) is 11.5 Å². The number of rotatable bonds is 18. The molecule has 0 bridgehead atoms. The summed E-state index contributed by atoms with van der Waals surface area (Å²) >= 11 is 0. The fraction of sp³-hybridized carbons (Fsp3) is 0.333. The van der Waals surface area contributed by atoms with Crippen molar-refractivity contribution in [1.82, 2.24) is 0 Å². The minimum atomic E-state index is -0.176. The van der Waals surface area contributed by atoms with Gasteiger partial charge in [0.05, 0.1) is 13.2 Å². The van der Waals surface area contributed by atoms with Crippen LogP contribution < -0.4 is 9.47 Å². The van der Waals surface area contributed by atoms with Crippen molar-refractivity contribution in [2.45, 2.75) is 71.6 Å². The largest absolute Gasteiger partial charge is 0.494 e. The van der Waals surface area contributed by atoms with E-state index in [-0.39, 0.29) is 5.78 Å². The van der Waals surface area contributed by atoms with Gasteiger partial charge in [-0.2, -0.15) is 0 Å². The van der Waals surface area contributed by atoms with Crippen LogP contribution in [0.3, 0.4) is 0 Å². The molecule has 0 radical (unpaired) electrons. The summed E-state index contributed by atoms with van der Waals surface area (Å²) in [7, 11) is 0. The summed E-state index contributed by atoms with van der Waals surface area (Å²) in [5.41, 5.74) is 5.22. The number of ether oxygens (including phenoxy) is 2. The molecular formula is C39H44O4. The molecule has 4 nitrogen and oxygen atoms in total. The van der Waals surface area contributed by atoms with Gasteiger partial charge in [0.15, 0.2) is 12.1 Å². The molecule has 0 unspecified atom stereocenters. The van der Waals surface area contributed by atoms with Gasteiger partial charge < -0.3 is 9.47 Å². The third kappa shape index (κ3) is 9.41. The molecule has 0 spiro atoms. The van der Waals surface area contributed by atoms with Crippen molar-refractivity contribution in [1.29, 1.82) is 0 Å². The highest BCUT2D eigenvalue weighted by atomic mass is 16.5. The zero-order chi connectivity index (χ0) is 30.3. The summed E-state index contributed by atoms with van der Waals surface area (Å²) < 4.78 is 11.8. The highest BCUT2D eigenvalue weighted by Gasteiger charge is 2.15. The van der Waals surface area contributed by atoms with Gasteiger partial charge in [-0.3, -0.25) is 9.59 Å². The van der Waals surface area contributed by atoms with Crippen LogP contribution in [0, 0.1) is 0 Å². The van der Waals surface area contributed by atoms with E-state index in [9.17, 15) is 9.59 Å². The molecule has 0 saturated heterocycles. The third-order valence-corrected chi connectivity index (χ3v) is 7.73. The Bertz CT molecular complexity index is 1420. The third-order valence-electron chi connectivity index (χ3n) is 7.73. The minimum absolute atomic E-state index is 0.176. The van der Waals surface area contributed by atoms with E-state index >= 15 is 0 Å². The Balaban J connectivity index is 1.39. The van der Waals surface area contributed by atoms with Crippen LogP contribution in [0.15, 0.2) is 91.0 Å². The van der Waals surface area contributed by atoms with Crippen molar-refractivity contribution < 1.29 is 19.1 Å². The SMILES string of the molecule is CCCCCCCOc1ccc(-c2ccc(C(=O)c3cc(-c4ccc(OCCCCCC)cc4)ccc3C=O)cc2)cc1. The van der Waals surface area contributed by atoms with Crippen LogP contribution in [-0.4, -0.2) is 25.3 Å². The quantitative estimate of drug-likeness (QED) is 0.0672. The van der Waals surface area contributed by atoms with Crippen LogP contribution >= 0.6 is 0 Å². The van der Waals surface area contributed by atoms with Gasteiger partial charge in [-0.25, -0.2) is 0 Å². The van der Waals surface area contributed by atoms with Gasteiger partial charge in [0.25, 0.3) is 0 Å². The van der Waals surface area contributed by atoms with E-state index in [1.165, 1.54) is 44.9 Å². The first-order valence-corrected chi connectivity index (χ1v) is 15.8. The van der Waals surface area contributed by atoms with Gasteiger partial charge >= 0.3 is 0 Å². The molecule has 0 heterocycles. The average Bonchev–Trinajstić information content (AvgIpc) is 3.06. The molecule has 0 N–H and O–H groups in total. The van der Waals surface area contributed by atoms with E-state index < -0.39 is 0 Å². The molecule has 0 aliphatic carbocycles. The fourth-order valence-electron chi connectivity index (χ4n) is 5.11. The maximum atomic E-state index is 13.5. The van der Waals surface area contributed by atoms with Crippen molar-refractivity contribution in [3.8, 4) is 33.8 Å². The average molecular weight is 577 g/mol. The summed E-state index contributed by atoms with van der Waals surface area (Å²) in [6.45, 7) is 5.87. The zero-order valence-corrected chi connectivity index (χ0v) is 25.6. The number of hydrogen-bond donors (Lipinski definition) is 0. The van der Waals surface area contributed by atoms with Crippen molar-refractivity contribution in [2.24, 2.45) is 0 Å². The first-order chi connectivity index (χ1) is 21.1. The minimum Gasteiger partial charge on any atom is -0.494 e. The molecule has 4 aromatic carbocycles. The second kappa shape index (κ2) is 17.1. The van der Waals surface area contributed by atoms with Crippen LogP contribution in [0.25, 0.3) is 22.3 Å². The number of carbonyl (C=O) groups is 2. The highest BCUT2D eigenvalue weighted by molar-refractivity contribution is 6.13. The Kier molecular flexibility index (Phi) is 12.6. The maximum Gasteiger partial charge on any atom is 0.193 e. The lowest BCUT2D eigenvalue weighted by Crippen LogP contribution is -2.05. The number of aldehydes is 1. The summed E-state index contributed by atoms with van der Waals surface area (Å²) in [5, 5.41) is 0. The number of benzene rings is 4. The maximum absolute atomic E-state index is 13.5. The Morgan fingerprint density at radius 3 is 1.51 bits per heavy atom. The number of carbonyl (C=O) groups excluding carboxylic acids is 2. The molecular weight excluding hydrogens is 532 g/mol. The Hall–Kier alpha value is -4.18. The standard InChI is InChI=1S/C39H44O4/c1-3-5-7-9-11-27-43-36-22-18-31(19-23-36)30-12-14-33(15-13-30)39(41)38-28-34(16-17-35(38)29-40)32-20-24-37(25-21-32)42-26-10-8-6-4-2/h12-25,28-29H,3-11,26-27H2,1-2H3. The summed E-state index contributed by atoms with van der Waals surface area (Å²) in [6.07, 6.45) is 11.5. The van der Waals surface area contributed by atoms with E-state index in [4.69, 9.17) is 9.47 Å². The number of ketones is 1. The van der Waals surface area contributed by atoms with Gasteiger partial charge in [-0.15, -0.1) is 0 Å². The summed E-state index contributed by atoms with van der Waals surface area (Å²) in [6, 6.07) is 28.9. The topological polar surface area (TPSA) is 52.6 Å². The van der Waals surface area contributed by atoms with E-state index in [1.54, 1.807) is 6.07 Å². The lowest BCUT2D eigenvalue weighted by molar-refractivity contribution is 0.102. The van der Waals surface area contributed by atoms with Crippen LogP contribution in [-0.2, 0) is 0 Å². The molecule has 4 aromatic rings. The van der Waals surface area contributed by atoms with E-state index in [0.717, 1.165) is 59.5 Å². The molecule has 0 aromatic heterocycles. The summed E-state index contributed by atoms with van der Waals surface area (Å²) in [4.78, 5) is 25.4. The van der Waals surface area contributed by atoms with Crippen LogP contribution in [0.1, 0.15) is 97.9 Å². The molecule has 4 heteroatoms. The number of unbranched alkanes of at least 4 members (excludes halogenated alkanes) is 7. The van der Waals surface area contributed by atoms with Gasteiger partial charge in [-0.05, 0) is 65.4 Å². The normalized spacial score (nSPS) is 10.8. The van der Waals surface area contributed by atoms with E-state index in [1.807, 2.05) is 84.9 Å². The molecule has 0 amide bonds. The van der Waals surface area contributed by atoms with Crippen LogP contribution in [0.5, 0.6) is 11.5 Å². The second-order valence-electron chi connectivity index (χ2n) is 11.0. The van der Waals surface area contributed by atoms with Crippen LogP contribution in [0.4, 0.5) is 0 Å². The lowest BCUT2D eigenvalue weighted by atomic mass is 9.93. The van der Waals surface area contributed by atoms with Crippen molar-refractivity contribution >= 4 is 12.1 Å². The Morgan fingerprint density at radius 2 is 1.00 bits per heavy atom. The van der Waals surface area contributed by atoms with E-state index in [2.05, 4.69) is 13.8 Å². The Labute approximate surface area is 257 Å². The van der Waals surface area contributed by atoms with Gasteiger partial charge in [0, 0.05) is 16.7 Å². The molecule has 4 rings (SSSR count). The molecule has 0 fully saturated rings. The lowest BCUT2D eigenvalue weighted by Gasteiger charge is -2.11. The van der Waals surface area contributed by atoms with E-state index in [0.29, 0.717) is 23.3 Å². The van der Waals surface area contributed by atoms with Crippen molar-refractivity contribution in [2.75, 3.05) is 13.2 Å². The first-order valence-electron chi connectivity index (χ1n) is 15.8. The monoisotopic (exact) mass is 576 g/mol. The highest BCUT2D eigenvalue weighted by Crippen LogP contribution is 2.28. The second-order valence-corrected chi connectivity index (χ2v) is 11.0. The first kappa shape index (κ1) is 31.7. The van der Waals surface area contributed by atoms with Crippen molar-refractivity contribution in [3.63, 3.8) is 0 Å². The predicted octanol–water partition coefficient (Wildman–Crippen LogP) is 10.4.